The Hall–Kier alpha value is 0.0600. The first-order chi connectivity index (χ1) is 7.67. The second-order valence-electron chi connectivity index (χ2n) is 3.57. The van der Waals surface area contributed by atoms with Crippen LogP contribution in [0.4, 0.5) is 5.69 Å². The molecule has 0 aromatic heterocycles. The summed E-state index contributed by atoms with van der Waals surface area (Å²) in [5.74, 6) is 1.14. The molecule has 0 saturated heterocycles. The highest BCUT2D eigenvalue weighted by Gasteiger charge is 2.03. The number of hydrogen-bond acceptors (Lipinski definition) is 3. The molecule has 1 rings (SSSR count). The highest BCUT2D eigenvalue weighted by molar-refractivity contribution is 14.1. The minimum absolute atomic E-state index is 0.845. The van der Waals surface area contributed by atoms with Crippen molar-refractivity contribution in [3.8, 4) is 0 Å². The van der Waals surface area contributed by atoms with Gasteiger partial charge >= 0.3 is 0 Å². The van der Waals surface area contributed by atoms with Gasteiger partial charge in [0, 0.05) is 26.5 Å². The van der Waals surface area contributed by atoms with Gasteiger partial charge in [0.1, 0.15) is 0 Å². The molecule has 0 atom stereocenters. The molecule has 16 heavy (non-hydrogen) atoms. The van der Waals surface area contributed by atoms with Gasteiger partial charge in [-0.3, -0.25) is 0 Å². The molecule has 0 radical (unpaired) electrons. The molecule has 0 heterocycles. The first kappa shape index (κ1) is 14.1. The average molecular weight is 350 g/mol. The predicted octanol–water partition coefficient (Wildman–Crippen LogP) is 3.31. The van der Waals surface area contributed by atoms with Gasteiger partial charge in [-0.2, -0.15) is 0 Å². The Morgan fingerprint density at radius 2 is 2.00 bits per heavy atom. The topological polar surface area (TPSA) is 29.3 Å². The molecule has 2 nitrogen and oxygen atoms in total. The highest BCUT2D eigenvalue weighted by atomic mass is 127. The van der Waals surface area contributed by atoms with E-state index in [1.807, 2.05) is 23.9 Å². The van der Waals surface area contributed by atoms with Crippen molar-refractivity contribution >= 4 is 40.0 Å². The first-order valence-electron chi connectivity index (χ1n) is 5.57. The molecule has 0 aliphatic rings. The Kier molecular flexibility index (Phi) is 6.53. The van der Waals surface area contributed by atoms with Crippen LogP contribution in [0.2, 0.25) is 0 Å². The van der Waals surface area contributed by atoms with Gasteiger partial charge in [-0.15, -0.1) is 11.8 Å². The van der Waals surface area contributed by atoms with Crippen LogP contribution in [0.25, 0.3) is 0 Å². The second-order valence-corrected chi connectivity index (χ2v) is 5.86. The normalized spacial score (nSPS) is 11.0. The Bertz CT molecular complexity index is 327. The Morgan fingerprint density at radius 1 is 1.31 bits per heavy atom. The fourth-order valence-corrected chi connectivity index (χ4v) is 3.40. The SMILES string of the molecule is CCN(CC)CCSc1ccc(N)cc1I. The fraction of sp³-hybridized carbons (Fsp3) is 0.500. The summed E-state index contributed by atoms with van der Waals surface area (Å²) in [6.45, 7) is 7.84. The summed E-state index contributed by atoms with van der Waals surface area (Å²) in [7, 11) is 0. The van der Waals surface area contributed by atoms with E-state index in [4.69, 9.17) is 5.73 Å². The van der Waals surface area contributed by atoms with Crippen molar-refractivity contribution in [1.82, 2.24) is 4.90 Å². The lowest BCUT2D eigenvalue weighted by Crippen LogP contribution is -2.25. The van der Waals surface area contributed by atoms with Gasteiger partial charge in [0.2, 0.25) is 0 Å². The summed E-state index contributed by atoms with van der Waals surface area (Å²) < 4.78 is 1.25. The molecule has 0 spiro atoms. The number of thioether (sulfide) groups is 1. The van der Waals surface area contributed by atoms with Crippen molar-refractivity contribution in [2.24, 2.45) is 0 Å². The molecule has 0 bridgehead atoms. The standard InChI is InChI=1S/C12H19IN2S/c1-3-15(4-2)7-8-16-12-6-5-10(14)9-11(12)13/h5-6,9H,3-4,7-8,14H2,1-2H3. The molecule has 2 N–H and O–H groups in total. The van der Waals surface area contributed by atoms with E-state index >= 15 is 0 Å². The van der Waals surface area contributed by atoms with Crippen LogP contribution in [0.1, 0.15) is 13.8 Å². The molecule has 0 saturated carbocycles. The van der Waals surface area contributed by atoms with E-state index in [-0.39, 0.29) is 0 Å². The molecular weight excluding hydrogens is 331 g/mol. The Morgan fingerprint density at radius 3 is 2.56 bits per heavy atom. The van der Waals surface area contributed by atoms with E-state index in [0.29, 0.717) is 0 Å². The van der Waals surface area contributed by atoms with Gasteiger partial charge in [-0.1, -0.05) is 13.8 Å². The summed E-state index contributed by atoms with van der Waals surface area (Å²) in [4.78, 5) is 3.78. The van der Waals surface area contributed by atoms with E-state index in [9.17, 15) is 0 Å². The first-order valence-corrected chi connectivity index (χ1v) is 7.64. The van der Waals surface area contributed by atoms with Gasteiger partial charge in [0.05, 0.1) is 0 Å². The van der Waals surface area contributed by atoms with Gasteiger partial charge < -0.3 is 10.6 Å². The molecule has 0 fully saturated rings. The summed E-state index contributed by atoms with van der Waals surface area (Å²) in [6, 6.07) is 6.12. The third kappa shape index (κ3) is 4.51. The molecule has 90 valence electrons. The van der Waals surface area contributed by atoms with Crippen LogP contribution in [0, 0.1) is 3.57 Å². The van der Waals surface area contributed by atoms with Gasteiger partial charge in [0.25, 0.3) is 0 Å². The zero-order valence-corrected chi connectivity index (χ0v) is 12.8. The van der Waals surface area contributed by atoms with Crippen LogP contribution in [0.5, 0.6) is 0 Å². The van der Waals surface area contributed by atoms with E-state index in [1.54, 1.807) is 0 Å². The number of nitrogens with zero attached hydrogens (tertiary/aromatic N) is 1. The number of halogens is 1. The van der Waals surface area contributed by atoms with Crippen molar-refractivity contribution in [3.05, 3.63) is 21.8 Å². The fourth-order valence-electron chi connectivity index (χ4n) is 1.46. The van der Waals surface area contributed by atoms with Gasteiger partial charge in [-0.25, -0.2) is 0 Å². The van der Waals surface area contributed by atoms with Gasteiger partial charge in [0.15, 0.2) is 0 Å². The van der Waals surface area contributed by atoms with E-state index in [1.165, 1.54) is 8.47 Å². The van der Waals surface area contributed by atoms with Crippen LogP contribution in [-0.2, 0) is 0 Å². The zero-order valence-electron chi connectivity index (χ0n) is 9.87. The largest absolute Gasteiger partial charge is 0.399 e. The number of nitrogens with two attached hydrogens (primary N) is 1. The zero-order chi connectivity index (χ0) is 12.0. The van der Waals surface area contributed by atoms with Crippen molar-refractivity contribution in [2.45, 2.75) is 18.7 Å². The lowest BCUT2D eigenvalue weighted by atomic mass is 10.3. The highest BCUT2D eigenvalue weighted by Crippen LogP contribution is 2.25. The van der Waals surface area contributed by atoms with E-state index in [2.05, 4.69) is 47.4 Å². The van der Waals surface area contributed by atoms with Crippen molar-refractivity contribution in [3.63, 3.8) is 0 Å². The monoisotopic (exact) mass is 350 g/mol. The Balaban J connectivity index is 2.42. The quantitative estimate of drug-likeness (QED) is 0.485. The van der Waals surface area contributed by atoms with Crippen LogP contribution >= 0.6 is 34.4 Å². The molecule has 1 aromatic rings. The maximum atomic E-state index is 5.73. The lowest BCUT2D eigenvalue weighted by molar-refractivity contribution is 0.324. The Labute approximate surface area is 116 Å². The minimum atomic E-state index is 0.845. The number of rotatable bonds is 6. The minimum Gasteiger partial charge on any atom is -0.399 e. The number of hydrogen-bond donors (Lipinski definition) is 1. The summed E-state index contributed by atoms with van der Waals surface area (Å²) in [5, 5.41) is 0. The van der Waals surface area contributed by atoms with Crippen molar-refractivity contribution in [2.75, 3.05) is 31.1 Å². The van der Waals surface area contributed by atoms with Crippen LogP contribution in [0.3, 0.4) is 0 Å². The average Bonchev–Trinajstić information content (AvgIpc) is 2.27. The summed E-state index contributed by atoms with van der Waals surface area (Å²) in [6.07, 6.45) is 0. The molecule has 0 unspecified atom stereocenters. The maximum absolute atomic E-state index is 5.73. The second kappa shape index (κ2) is 7.40. The number of benzene rings is 1. The third-order valence-electron chi connectivity index (χ3n) is 2.52. The van der Waals surface area contributed by atoms with E-state index in [0.717, 1.165) is 31.1 Å². The number of nitrogen functional groups attached to an aromatic ring is 1. The molecule has 4 heteroatoms. The molecule has 1 aromatic carbocycles. The molecule has 0 amide bonds. The van der Waals surface area contributed by atoms with Crippen molar-refractivity contribution < 1.29 is 0 Å². The molecule has 0 aliphatic carbocycles. The third-order valence-corrected chi connectivity index (χ3v) is 4.83. The summed E-state index contributed by atoms with van der Waals surface area (Å²) >= 11 is 4.26. The predicted molar refractivity (Wildman–Crippen MR) is 82.1 cm³/mol. The van der Waals surface area contributed by atoms with Crippen LogP contribution in [0.15, 0.2) is 23.1 Å². The van der Waals surface area contributed by atoms with Gasteiger partial charge in [-0.05, 0) is 53.9 Å². The molecular formula is C12H19IN2S. The van der Waals surface area contributed by atoms with Crippen molar-refractivity contribution in [1.29, 1.82) is 0 Å². The number of anilines is 1. The lowest BCUT2D eigenvalue weighted by Gasteiger charge is -2.17. The smallest absolute Gasteiger partial charge is 0.0325 e. The summed E-state index contributed by atoms with van der Waals surface area (Å²) in [5.41, 5.74) is 6.57. The maximum Gasteiger partial charge on any atom is 0.0325 e. The molecule has 0 aliphatic heterocycles. The van der Waals surface area contributed by atoms with E-state index < -0.39 is 0 Å². The van der Waals surface area contributed by atoms with Crippen LogP contribution in [-0.4, -0.2) is 30.3 Å². The van der Waals surface area contributed by atoms with Crippen LogP contribution < -0.4 is 5.73 Å².